The minimum absolute atomic E-state index is 0.149. The normalized spacial score (nSPS) is 27.0. The third kappa shape index (κ3) is 2.02. The summed E-state index contributed by atoms with van der Waals surface area (Å²) in [6, 6.07) is 1.97. The molecule has 0 amide bonds. The first-order chi connectivity index (χ1) is 6.74. The van der Waals surface area contributed by atoms with Gasteiger partial charge in [-0.2, -0.15) is 0 Å². The van der Waals surface area contributed by atoms with Gasteiger partial charge >= 0.3 is 0 Å². The Kier molecular flexibility index (Phi) is 2.95. The van der Waals surface area contributed by atoms with E-state index in [0.717, 1.165) is 36.1 Å². The summed E-state index contributed by atoms with van der Waals surface area (Å²) in [7, 11) is 0. The number of furan rings is 1. The Morgan fingerprint density at radius 2 is 2.43 bits per heavy atom. The van der Waals surface area contributed by atoms with Gasteiger partial charge in [-0.15, -0.1) is 0 Å². The van der Waals surface area contributed by atoms with E-state index >= 15 is 0 Å². The largest absolute Gasteiger partial charge is 0.457 e. The third-order valence-corrected chi connectivity index (χ3v) is 3.12. The van der Waals surface area contributed by atoms with E-state index in [9.17, 15) is 0 Å². The predicted molar refractivity (Wildman–Crippen MR) is 57.1 cm³/mol. The van der Waals surface area contributed by atoms with E-state index in [1.165, 1.54) is 0 Å². The van der Waals surface area contributed by atoms with Gasteiger partial charge in [-0.25, -0.2) is 0 Å². The highest BCUT2D eigenvalue weighted by molar-refractivity contribution is 9.10. The monoisotopic (exact) mass is 259 g/mol. The SMILES string of the molecule is NCC1(Cc2coc(Br)c2)CCCO1. The van der Waals surface area contributed by atoms with Gasteiger partial charge in [0.2, 0.25) is 0 Å². The molecule has 2 N–H and O–H groups in total. The van der Waals surface area contributed by atoms with Crippen molar-refractivity contribution in [1.82, 2.24) is 0 Å². The molecule has 2 heterocycles. The van der Waals surface area contributed by atoms with Crippen LogP contribution in [0.25, 0.3) is 0 Å². The first-order valence-electron chi connectivity index (χ1n) is 4.81. The molecule has 0 aromatic carbocycles. The molecule has 14 heavy (non-hydrogen) atoms. The molecular formula is C10H14BrNO2. The van der Waals surface area contributed by atoms with Crippen molar-refractivity contribution in [3.63, 3.8) is 0 Å². The molecule has 1 saturated heterocycles. The number of nitrogens with two attached hydrogens (primary N) is 1. The Balaban J connectivity index is 2.08. The highest BCUT2D eigenvalue weighted by atomic mass is 79.9. The number of ether oxygens (including phenoxy) is 1. The van der Waals surface area contributed by atoms with E-state index in [0.29, 0.717) is 6.54 Å². The number of hydrogen-bond donors (Lipinski definition) is 1. The molecule has 0 bridgehead atoms. The topological polar surface area (TPSA) is 48.4 Å². The Hall–Kier alpha value is -0.320. The lowest BCUT2D eigenvalue weighted by Gasteiger charge is -2.25. The second-order valence-corrected chi connectivity index (χ2v) is 4.56. The van der Waals surface area contributed by atoms with Crippen LogP contribution >= 0.6 is 15.9 Å². The van der Waals surface area contributed by atoms with Crippen LogP contribution in [0.3, 0.4) is 0 Å². The zero-order chi connectivity index (χ0) is 10.0. The summed E-state index contributed by atoms with van der Waals surface area (Å²) in [4.78, 5) is 0. The van der Waals surface area contributed by atoms with Crippen LogP contribution in [0.2, 0.25) is 0 Å². The van der Waals surface area contributed by atoms with Crippen LogP contribution < -0.4 is 5.73 Å². The molecule has 1 unspecified atom stereocenters. The lowest BCUT2D eigenvalue weighted by Crippen LogP contribution is -2.39. The molecular weight excluding hydrogens is 246 g/mol. The Morgan fingerprint density at radius 3 is 2.93 bits per heavy atom. The number of hydrogen-bond acceptors (Lipinski definition) is 3. The molecule has 1 atom stereocenters. The molecule has 1 aliphatic rings. The predicted octanol–water partition coefficient (Wildman–Crippen LogP) is 2.09. The van der Waals surface area contributed by atoms with Gasteiger partial charge < -0.3 is 14.9 Å². The van der Waals surface area contributed by atoms with Crippen LogP contribution in [0.15, 0.2) is 21.4 Å². The van der Waals surface area contributed by atoms with Crippen molar-refractivity contribution in [2.24, 2.45) is 5.73 Å². The molecule has 4 heteroatoms. The highest BCUT2D eigenvalue weighted by Crippen LogP contribution is 2.29. The molecule has 0 spiro atoms. The van der Waals surface area contributed by atoms with Crippen molar-refractivity contribution in [2.75, 3.05) is 13.2 Å². The zero-order valence-electron chi connectivity index (χ0n) is 7.96. The maximum atomic E-state index is 5.76. The van der Waals surface area contributed by atoms with E-state index in [-0.39, 0.29) is 5.60 Å². The fourth-order valence-electron chi connectivity index (χ4n) is 1.94. The van der Waals surface area contributed by atoms with E-state index in [4.69, 9.17) is 14.9 Å². The van der Waals surface area contributed by atoms with Crippen LogP contribution in [0.5, 0.6) is 0 Å². The van der Waals surface area contributed by atoms with E-state index in [1.807, 2.05) is 6.07 Å². The van der Waals surface area contributed by atoms with Crippen molar-refractivity contribution in [2.45, 2.75) is 24.9 Å². The molecule has 1 aliphatic heterocycles. The van der Waals surface area contributed by atoms with Gasteiger partial charge in [0.1, 0.15) is 0 Å². The summed E-state index contributed by atoms with van der Waals surface area (Å²) < 4.78 is 11.7. The number of halogens is 1. The Bertz CT molecular complexity index is 305. The Labute approximate surface area is 91.7 Å². The fourth-order valence-corrected chi connectivity index (χ4v) is 2.33. The molecule has 1 aromatic rings. The van der Waals surface area contributed by atoms with Crippen LogP contribution in [-0.4, -0.2) is 18.8 Å². The van der Waals surface area contributed by atoms with E-state index in [1.54, 1.807) is 6.26 Å². The van der Waals surface area contributed by atoms with Crippen molar-refractivity contribution in [3.05, 3.63) is 22.6 Å². The van der Waals surface area contributed by atoms with Gasteiger partial charge in [-0.3, -0.25) is 0 Å². The van der Waals surface area contributed by atoms with Gasteiger partial charge in [0.05, 0.1) is 11.9 Å². The summed E-state index contributed by atoms with van der Waals surface area (Å²) >= 11 is 3.28. The van der Waals surface area contributed by atoms with Crippen molar-refractivity contribution >= 4 is 15.9 Å². The highest BCUT2D eigenvalue weighted by Gasteiger charge is 2.34. The van der Waals surface area contributed by atoms with Gasteiger partial charge in [0, 0.05) is 19.6 Å². The van der Waals surface area contributed by atoms with Crippen LogP contribution in [0.1, 0.15) is 18.4 Å². The molecule has 3 nitrogen and oxygen atoms in total. The standard InChI is InChI=1S/C10H14BrNO2/c11-9-4-8(6-13-9)5-10(7-12)2-1-3-14-10/h4,6H,1-3,5,7,12H2. The van der Waals surface area contributed by atoms with E-state index in [2.05, 4.69) is 15.9 Å². The quantitative estimate of drug-likeness (QED) is 0.905. The summed E-state index contributed by atoms with van der Waals surface area (Å²) in [5.74, 6) is 0. The summed E-state index contributed by atoms with van der Waals surface area (Å²) in [5, 5.41) is 0. The minimum atomic E-state index is -0.149. The summed E-state index contributed by atoms with van der Waals surface area (Å²) in [6.07, 6.45) is 4.75. The summed E-state index contributed by atoms with van der Waals surface area (Å²) in [6.45, 7) is 1.41. The minimum Gasteiger partial charge on any atom is -0.457 e. The van der Waals surface area contributed by atoms with Gasteiger partial charge in [-0.05, 0) is 40.4 Å². The van der Waals surface area contributed by atoms with Gasteiger partial charge in [-0.1, -0.05) is 0 Å². The van der Waals surface area contributed by atoms with Crippen LogP contribution in [0, 0.1) is 0 Å². The van der Waals surface area contributed by atoms with Crippen molar-refractivity contribution in [3.8, 4) is 0 Å². The van der Waals surface area contributed by atoms with Crippen LogP contribution in [-0.2, 0) is 11.2 Å². The second kappa shape index (κ2) is 4.04. The third-order valence-electron chi connectivity index (χ3n) is 2.71. The molecule has 0 radical (unpaired) electrons. The molecule has 1 aromatic heterocycles. The molecule has 2 rings (SSSR count). The van der Waals surface area contributed by atoms with Gasteiger partial charge in [0.15, 0.2) is 4.67 Å². The average molecular weight is 260 g/mol. The lowest BCUT2D eigenvalue weighted by atomic mass is 9.93. The molecule has 0 aliphatic carbocycles. The molecule has 1 fully saturated rings. The van der Waals surface area contributed by atoms with Crippen molar-refractivity contribution in [1.29, 1.82) is 0 Å². The van der Waals surface area contributed by atoms with E-state index < -0.39 is 0 Å². The Morgan fingerprint density at radius 1 is 1.57 bits per heavy atom. The average Bonchev–Trinajstić information content (AvgIpc) is 2.77. The van der Waals surface area contributed by atoms with Crippen molar-refractivity contribution < 1.29 is 9.15 Å². The first kappa shape index (κ1) is 10.2. The first-order valence-corrected chi connectivity index (χ1v) is 5.60. The maximum absolute atomic E-state index is 5.76. The smallest absolute Gasteiger partial charge is 0.169 e. The van der Waals surface area contributed by atoms with Crippen LogP contribution in [0.4, 0.5) is 0 Å². The van der Waals surface area contributed by atoms with Gasteiger partial charge in [0.25, 0.3) is 0 Å². The maximum Gasteiger partial charge on any atom is 0.169 e. The second-order valence-electron chi connectivity index (χ2n) is 3.77. The fraction of sp³-hybridized carbons (Fsp3) is 0.600. The lowest BCUT2D eigenvalue weighted by molar-refractivity contribution is 0.0121. The molecule has 0 saturated carbocycles. The molecule has 78 valence electrons. The number of rotatable bonds is 3. The summed E-state index contributed by atoms with van der Waals surface area (Å²) in [5.41, 5.74) is 6.75. The zero-order valence-corrected chi connectivity index (χ0v) is 9.55.